The van der Waals surface area contributed by atoms with E-state index in [0.29, 0.717) is 13.1 Å². The topological polar surface area (TPSA) is 41.2 Å². The van der Waals surface area contributed by atoms with E-state index in [2.05, 4.69) is 64.8 Å². The summed E-state index contributed by atoms with van der Waals surface area (Å²) in [4.78, 5) is 17.4. The molecular formula is C22H32N4O+2. The van der Waals surface area contributed by atoms with Crippen molar-refractivity contribution in [2.75, 3.05) is 51.7 Å². The van der Waals surface area contributed by atoms with Gasteiger partial charge in [-0.25, -0.2) is 0 Å². The number of carbonyl (C=O) groups is 1. The standard InChI is InChI=1S/C22H30N4O/c1-24(2)21-10-8-19(9-11-21)16-23-22(27)18-26-14-12-25(13-15-26)17-20-6-4-3-5-7-20/h3-11H,12-18H2,1-2H3,(H,23,27)/p+2. The summed E-state index contributed by atoms with van der Waals surface area (Å²) in [6, 6.07) is 19.0. The molecule has 0 atom stereocenters. The number of amides is 1. The van der Waals surface area contributed by atoms with Crippen LogP contribution in [0.5, 0.6) is 0 Å². The molecule has 0 saturated carbocycles. The summed E-state index contributed by atoms with van der Waals surface area (Å²) in [7, 11) is 4.06. The lowest BCUT2D eigenvalue weighted by atomic mass is 10.2. The highest BCUT2D eigenvalue weighted by Gasteiger charge is 2.24. The van der Waals surface area contributed by atoms with Gasteiger partial charge in [0, 0.05) is 31.9 Å². The van der Waals surface area contributed by atoms with E-state index in [9.17, 15) is 4.79 Å². The molecule has 3 N–H and O–H groups in total. The Kier molecular flexibility index (Phi) is 6.85. The highest BCUT2D eigenvalue weighted by atomic mass is 16.2. The molecule has 1 amide bonds. The Morgan fingerprint density at radius 1 is 0.889 bits per heavy atom. The van der Waals surface area contributed by atoms with Crippen LogP contribution in [0.15, 0.2) is 54.6 Å². The molecule has 1 saturated heterocycles. The normalized spacial score (nSPS) is 19.5. The van der Waals surface area contributed by atoms with E-state index in [-0.39, 0.29) is 5.91 Å². The van der Waals surface area contributed by atoms with E-state index in [1.165, 1.54) is 16.2 Å². The Labute approximate surface area is 162 Å². The van der Waals surface area contributed by atoms with Crippen molar-refractivity contribution in [1.29, 1.82) is 0 Å². The lowest BCUT2D eigenvalue weighted by Gasteiger charge is -2.29. The van der Waals surface area contributed by atoms with E-state index in [0.717, 1.165) is 38.3 Å². The summed E-state index contributed by atoms with van der Waals surface area (Å²) >= 11 is 0. The number of hydrogen-bond donors (Lipinski definition) is 3. The van der Waals surface area contributed by atoms with Gasteiger partial charge >= 0.3 is 0 Å². The van der Waals surface area contributed by atoms with Gasteiger partial charge < -0.3 is 20.0 Å². The van der Waals surface area contributed by atoms with Crippen LogP contribution in [0.2, 0.25) is 0 Å². The van der Waals surface area contributed by atoms with E-state index in [1.54, 1.807) is 4.90 Å². The average Bonchev–Trinajstić information content (AvgIpc) is 2.69. The largest absolute Gasteiger partial charge is 0.378 e. The van der Waals surface area contributed by atoms with Crippen LogP contribution in [0.3, 0.4) is 0 Å². The van der Waals surface area contributed by atoms with Crippen LogP contribution in [0.1, 0.15) is 11.1 Å². The summed E-state index contributed by atoms with van der Waals surface area (Å²) in [5.41, 5.74) is 3.71. The zero-order chi connectivity index (χ0) is 19.1. The molecule has 1 fully saturated rings. The number of hydrogen-bond acceptors (Lipinski definition) is 2. The molecule has 5 heteroatoms. The number of anilines is 1. The summed E-state index contributed by atoms with van der Waals surface area (Å²) in [6.45, 7) is 6.65. The van der Waals surface area contributed by atoms with E-state index in [1.807, 2.05) is 14.1 Å². The Morgan fingerprint density at radius 2 is 1.52 bits per heavy atom. The third-order valence-electron chi connectivity index (χ3n) is 5.31. The van der Waals surface area contributed by atoms with Crippen molar-refractivity contribution in [3.63, 3.8) is 0 Å². The van der Waals surface area contributed by atoms with Gasteiger partial charge in [0.05, 0.1) is 0 Å². The van der Waals surface area contributed by atoms with Crippen molar-refractivity contribution in [1.82, 2.24) is 5.32 Å². The second-order valence-electron chi connectivity index (χ2n) is 7.68. The van der Waals surface area contributed by atoms with Crippen LogP contribution in [0.25, 0.3) is 0 Å². The number of nitrogens with zero attached hydrogens (tertiary/aromatic N) is 1. The van der Waals surface area contributed by atoms with Crippen molar-refractivity contribution in [2.45, 2.75) is 13.1 Å². The zero-order valence-corrected chi connectivity index (χ0v) is 16.5. The molecule has 0 unspecified atom stereocenters. The molecule has 5 nitrogen and oxygen atoms in total. The van der Waals surface area contributed by atoms with Crippen molar-refractivity contribution in [3.8, 4) is 0 Å². The molecule has 1 aliphatic rings. The Hall–Kier alpha value is -2.37. The molecule has 0 radical (unpaired) electrons. The maximum Gasteiger partial charge on any atom is 0.275 e. The zero-order valence-electron chi connectivity index (χ0n) is 16.5. The van der Waals surface area contributed by atoms with Gasteiger partial charge in [-0.05, 0) is 17.7 Å². The van der Waals surface area contributed by atoms with E-state index >= 15 is 0 Å². The van der Waals surface area contributed by atoms with Gasteiger partial charge in [0.15, 0.2) is 6.54 Å². The average molecular weight is 369 g/mol. The Morgan fingerprint density at radius 3 is 2.15 bits per heavy atom. The number of piperazine rings is 1. The fraction of sp³-hybridized carbons (Fsp3) is 0.409. The molecule has 2 aromatic rings. The number of quaternary nitrogens is 2. The third-order valence-corrected chi connectivity index (χ3v) is 5.31. The Balaban J connectivity index is 1.36. The Bertz CT molecular complexity index is 707. The first-order chi connectivity index (χ1) is 13.1. The SMILES string of the molecule is CN(C)c1ccc(CNC(=O)C[NH+]2CC[NH+](Cc3ccccc3)CC2)cc1. The number of benzene rings is 2. The maximum atomic E-state index is 12.3. The van der Waals surface area contributed by atoms with Crippen molar-refractivity contribution in [2.24, 2.45) is 0 Å². The van der Waals surface area contributed by atoms with Crippen LogP contribution >= 0.6 is 0 Å². The van der Waals surface area contributed by atoms with Crippen molar-refractivity contribution in [3.05, 3.63) is 65.7 Å². The molecule has 27 heavy (non-hydrogen) atoms. The van der Waals surface area contributed by atoms with Gasteiger partial charge in [0.25, 0.3) is 5.91 Å². The van der Waals surface area contributed by atoms with Gasteiger partial charge in [-0.1, -0.05) is 42.5 Å². The highest BCUT2D eigenvalue weighted by molar-refractivity contribution is 5.76. The molecule has 0 aliphatic carbocycles. The molecule has 1 heterocycles. The summed E-state index contributed by atoms with van der Waals surface area (Å²) in [5.74, 6) is 0.146. The monoisotopic (exact) mass is 368 g/mol. The molecule has 3 rings (SSSR count). The summed E-state index contributed by atoms with van der Waals surface area (Å²) in [6.07, 6.45) is 0. The summed E-state index contributed by atoms with van der Waals surface area (Å²) in [5, 5.41) is 3.07. The first-order valence-corrected chi connectivity index (χ1v) is 9.84. The molecule has 144 valence electrons. The second-order valence-corrected chi connectivity index (χ2v) is 7.68. The smallest absolute Gasteiger partial charge is 0.275 e. The first kappa shape index (κ1) is 19.4. The number of carbonyl (C=O) groups excluding carboxylic acids is 1. The quantitative estimate of drug-likeness (QED) is 0.608. The number of rotatable bonds is 7. The fourth-order valence-corrected chi connectivity index (χ4v) is 3.60. The van der Waals surface area contributed by atoms with Crippen LogP contribution < -0.4 is 20.0 Å². The minimum absolute atomic E-state index is 0.146. The first-order valence-electron chi connectivity index (χ1n) is 9.84. The van der Waals surface area contributed by atoms with Crippen LogP contribution in [0.4, 0.5) is 5.69 Å². The van der Waals surface area contributed by atoms with Gasteiger partial charge in [-0.3, -0.25) is 4.79 Å². The van der Waals surface area contributed by atoms with Gasteiger partial charge in [-0.2, -0.15) is 0 Å². The lowest BCUT2D eigenvalue weighted by Crippen LogP contribution is -3.28. The second kappa shape index (κ2) is 9.53. The van der Waals surface area contributed by atoms with Crippen LogP contribution in [0, 0.1) is 0 Å². The molecule has 0 spiro atoms. The lowest BCUT2D eigenvalue weighted by molar-refractivity contribution is -1.02. The minimum atomic E-state index is 0.146. The van der Waals surface area contributed by atoms with Crippen molar-refractivity contribution >= 4 is 11.6 Å². The third kappa shape index (κ3) is 6.08. The van der Waals surface area contributed by atoms with Gasteiger partial charge in [-0.15, -0.1) is 0 Å². The molecular weight excluding hydrogens is 336 g/mol. The maximum absolute atomic E-state index is 12.3. The van der Waals surface area contributed by atoms with Gasteiger partial charge in [0.2, 0.25) is 0 Å². The molecule has 0 aromatic heterocycles. The predicted octanol–water partition coefficient (Wildman–Crippen LogP) is -0.648. The van der Waals surface area contributed by atoms with Gasteiger partial charge in [0.1, 0.15) is 32.7 Å². The van der Waals surface area contributed by atoms with Crippen molar-refractivity contribution < 1.29 is 14.6 Å². The predicted molar refractivity (Wildman–Crippen MR) is 109 cm³/mol. The fourth-order valence-electron chi connectivity index (χ4n) is 3.60. The highest BCUT2D eigenvalue weighted by Crippen LogP contribution is 2.11. The minimum Gasteiger partial charge on any atom is -0.378 e. The van der Waals surface area contributed by atoms with Crippen LogP contribution in [-0.2, 0) is 17.9 Å². The molecule has 0 bridgehead atoms. The number of nitrogens with one attached hydrogen (secondary N) is 3. The molecule has 2 aromatic carbocycles. The van der Waals surface area contributed by atoms with E-state index < -0.39 is 0 Å². The van der Waals surface area contributed by atoms with Crippen LogP contribution in [-0.4, -0.2) is 52.7 Å². The van der Waals surface area contributed by atoms with E-state index in [4.69, 9.17) is 0 Å². The molecule has 1 aliphatic heterocycles. The summed E-state index contributed by atoms with van der Waals surface area (Å²) < 4.78 is 0.